The third-order valence-corrected chi connectivity index (χ3v) is 4.20. The molecule has 17 heavy (non-hydrogen) atoms. The van der Waals surface area contributed by atoms with Gasteiger partial charge in [-0.05, 0) is 49.3 Å². The molecule has 94 valence electrons. The Kier molecular flexibility index (Phi) is 3.53. The van der Waals surface area contributed by atoms with Gasteiger partial charge in [0.15, 0.2) is 0 Å². The van der Waals surface area contributed by atoms with E-state index in [0.717, 1.165) is 23.1 Å². The van der Waals surface area contributed by atoms with E-state index >= 15 is 0 Å². The van der Waals surface area contributed by atoms with Gasteiger partial charge in [-0.2, -0.15) is 0 Å². The second-order valence-corrected chi connectivity index (χ2v) is 5.58. The zero-order chi connectivity index (χ0) is 12.6. The lowest BCUT2D eigenvalue weighted by Gasteiger charge is -2.25. The van der Waals surface area contributed by atoms with Crippen LogP contribution in [0.3, 0.4) is 0 Å². The molecule has 0 spiro atoms. The quantitative estimate of drug-likeness (QED) is 0.827. The first-order valence-corrected chi connectivity index (χ1v) is 6.53. The molecule has 2 N–H and O–H groups in total. The van der Waals surface area contributed by atoms with Crippen LogP contribution in [0.15, 0.2) is 12.1 Å². The van der Waals surface area contributed by atoms with Crippen molar-refractivity contribution in [3.05, 3.63) is 34.6 Å². The SMILES string of the molecule is Cc1cc(C)c(C(N)C2CCCC2C)c(F)c1. The van der Waals surface area contributed by atoms with E-state index in [-0.39, 0.29) is 11.9 Å². The molecule has 3 unspecified atom stereocenters. The maximum Gasteiger partial charge on any atom is 0.128 e. The number of nitrogens with two attached hydrogens (primary N) is 1. The zero-order valence-electron chi connectivity index (χ0n) is 11.0. The highest BCUT2D eigenvalue weighted by atomic mass is 19.1. The minimum atomic E-state index is -0.145. The van der Waals surface area contributed by atoms with Crippen LogP contribution in [0.5, 0.6) is 0 Å². The van der Waals surface area contributed by atoms with Gasteiger partial charge in [0.25, 0.3) is 0 Å². The lowest BCUT2D eigenvalue weighted by Crippen LogP contribution is -2.25. The number of halogens is 1. The molecule has 0 aromatic heterocycles. The van der Waals surface area contributed by atoms with Gasteiger partial charge >= 0.3 is 0 Å². The fourth-order valence-electron chi connectivity index (χ4n) is 3.27. The Hall–Kier alpha value is -0.890. The predicted octanol–water partition coefficient (Wildman–Crippen LogP) is 3.88. The largest absolute Gasteiger partial charge is 0.324 e. The Balaban J connectivity index is 2.33. The van der Waals surface area contributed by atoms with Crippen LogP contribution in [0.4, 0.5) is 4.39 Å². The second kappa shape index (κ2) is 4.77. The average molecular weight is 235 g/mol. The van der Waals surface area contributed by atoms with Crippen molar-refractivity contribution < 1.29 is 4.39 Å². The molecule has 0 aliphatic heterocycles. The smallest absolute Gasteiger partial charge is 0.128 e. The fraction of sp³-hybridized carbons (Fsp3) is 0.600. The van der Waals surface area contributed by atoms with Crippen molar-refractivity contribution in [1.82, 2.24) is 0 Å². The van der Waals surface area contributed by atoms with E-state index in [4.69, 9.17) is 5.73 Å². The van der Waals surface area contributed by atoms with Crippen LogP contribution in [-0.2, 0) is 0 Å². The van der Waals surface area contributed by atoms with Crippen molar-refractivity contribution in [2.75, 3.05) is 0 Å². The van der Waals surface area contributed by atoms with Crippen LogP contribution >= 0.6 is 0 Å². The Morgan fingerprint density at radius 1 is 1.29 bits per heavy atom. The topological polar surface area (TPSA) is 26.0 Å². The molecule has 1 aromatic rings. The first kappa shape index (κ1) is 12.6. The lowest BCUT2D eigenvalue weighted by atomic mass is 9.84. The minimum absolute atomic E-state index is 0.130. The molecule has 0 radical (unpaired) electrons. The molecule has 0 bridgehead atoms. The maximum absolute atomic E-state index is 14.1. The van der Waals surface area contributed by atoms with Gasteiger partial charge in [-0.1, -0.05) is 25.8 Å². The van der Waals surface area contributed by atoms with E-state index in [1.54, 1.807) is 6.07 Å². The number of hydrogen-bond acceptors (Lipinski definition) is 1. The summed E-state index contributed by atoms with van der Waals surface area (Å²) in [5.41, 5.74) is 9.00. The summed E-state index contributed by atoms with van der Waals surface area (Å²) in [5.74, 6) is 0.921. The van der Waals surface area contributed by atoms with Gasteiger partial charge < -0.3 is 5.73 Å². The third-order valence-electron chi connectivity index (χ3n) is 4.20. The van der Waals surface area contributed by atoms with Gasteiger partial charge in [0.2, 0.25) is 0 Å². The van der Waals surface area contributed by atoms with E-state index in [0.29, 0.717) is 11.8 Å². The normalized spacial score (nSPS) is 26.2. The van der Waals surface area contributed by atoms with Gasteiger partial charge in [0.05, 0.1) is 0 Å². The first-order valence-electron chi connectivity index (χ1n) is 6.53. The summed E-state index contributed by atoms with van der Waals surface area (Å²) in [7, 11) is 0. The second-order valence-electron chi connectivity index (χ2n) is 5.58. The predicted molar refractivity (Wildman–Crippen MR) is 69.3 cm³/mol. The minimum Gasteiger partial charge on any atom is -0.324 e. The third kappa shape index (κ3) is 2.37. The zero-order valence-corrected chi connectivity index (χ0v) is 11.0. The van der Waals surface area contributed by atoms with Crippen molar-refractivity contribution in [2.45, 2.75) is 46.1 Å². The van der Waals surface area contributed by atoms with Crippen LogP contribution in [0.25, 0.3) is 0 Å². The summed E-state index contributed by atoms with van der Waals surface area (Å²) in [6, 6.07) is 3.48. The molecular formula is C15H22FN. The molecule has 2 rings (SSSR count). The molecule has 2 heteroatoms. The maximum atomic E-state index is 14.1. The summed E-state index contributed by atoms with van der Waals surface area (Å²) >= 11 is 0. The molecular weight excluding hydrogens is 213 g/mol. The van der Waals surface area contributed by atoms with Crippen LogP contribution in [0.1, 0.15) is 48.9 Å². The molecule has 1 nitrogen and oxygen atoms in total. The highest BCUT2D eigenvalue weighted by Gasteiger charge is 2.31. The summed E-state index contributed by atoms with van der Waals surface area (Å²) in [6.07, 6.45) is 3.59. The molecule has 0 saturated heterocycles. The van der Waals surface area contributed by atoms with E-state index in [2.05, 4.69) is 6.92 Å². The van der Waals surface area contributed by atoms with Gasteiger partial charge in [-0.25, -0.2) is 4.39 Å². The molecule has 1 saturated carbocycles. The molecule has 1 aromatic carbocycles. The Bertz CT molecular complexity index is 390. The van der Waals surface area contributed by atoms with Gasteiger partial charge in [-0.15, -0.1) is 0 Å². The fourth-order valence-corrected chi connectivity index (χ4v) is 3.27. The molecule has 1 aliphatic carbocycles. The number of benzene rings is 1. The van der Waals surface area contributed by atoms with Crippen molar-refractivity contribution in [1.29, 1.82) is 0 Å². The summed E-state index contributed by atoms with van der Waals surface area (Å²) in [6.45, 7) is 6.12. The highest BCUT2D eigenvalue weighted by molar-refractivity contribution is 5.34. The Morgan fingerprint density at radius 3 is 2.53 bits per heavy atom. The van der Waals surface area contributed by atoms with Gasteiger partial charge in [-0.3, -0.25) is 0 Å². The van der Waals surface area contributed by atoms with Crippen molar-refractivity contribution in [3.8, 4) is 0 Å². The molecule has 3 atom stereocenters. The molecule has 1 aliphatic rings. The number of aryl methyl sites for hydroxylation is 2. The van der Waals surface area contributed by atoms with Crippen LogP contribution < -0.4 is 5.73 Å². The van der Waals surface area contributed by atoms with E-state index in [1.165, 1.54) is 12.8 Å². The monoisotopic (exact) mass is 235 g/mol. The van der Waals surface area contributed by atoms with Gasteiger partial charge in [0.1, 0.15) is 5.82 Å². The van der Waals surface area contributed by atoms with E-state index in [1.807, 2.05) is 19.9 Å². The number of rotatable bonds is 2. The standard InChI is InChI=1S/C15H22FN/c1-9-7-11(3)14(13(16)8-9)15(17)12-6-4-5-10(12)2/h7-8,10,12,15H,4-6,17H2,1-3H3. The lowest BCUT2D eigenvalue weighted by molar-refractivity contribution is 0.343. The summed E-state index contributed by atoms with van der Waals surface area (Å²) in [4.78, 5) is 0. The number of hydrogen-bond donors (Lipinski definition) is 1. The highest BCUT2D eigenvalue weighted by Crippen LogP contribution is 2.40. The molecule has 0 amide bonds. The Morgan fingerprint density at radius 2 is 2.00 bits per heavy atom. The van der Waals surface area contributed by atoms with Gasteiger partial charge in [0, 0.05) is 11.6 Å². The van der Waals surface area contributed by atoms with Crippen molar-refractivity contribution in [3.63, 3.8) is 0 Å². The van der Waals surface area contributed by atoms with E-state index < -0.39 is 0 Å². The Labute approximate surface area is 103 Å². The van der Waals surface area contributed by atoms with Crippen LogP contribution in [-0.4, -0.2) is 0 Å². The summed E-state index contributed by atoms with van der Waals surface area (Å²) in [5, 5.41) is 0. The van der Waals surface area contributed by atoms with Crippen molar-refractivity contribution in [2.24, 2.45) is 17.6 Å². The molecule has 0 heterocycles. The van der Waals surface area contributed by atoms with E-state index in [9.17, 15) is 4.39 Å². The van der Waals surface area contributed by atoms with Crippen LogP contribution in [0, 0.1) is 31.5 Å². The average Bonchev–Trinajstić information content (AvgIpc) is 2.62. The summed E-state index contributed by atoms with van der Waals surface area (Å²) < 4.78 is 14.1. The molecule has 1 fully saturated rings. The van der Waals surface area contributed by atoms with Crippen LogP contribution in [0.2, 0.25) is 0 Å². The first-order chi connectivity index (χ1) is 8.00. The van der Waals surface area contributed by atoms with Crippen molar-refractivity contribution >= 4 is 0 Å².